The van der Waals surface area contributed by atoms with Crippen LogP contribution in [0.25, 0.3) is 0 Å². The van der Waals surface area contributed by atoms with E-state index in [1.165, 1.54) is 0 Å². The molecule has 1 heterocycles. The van der Waals surface area contributed by atoms with E-state index in [1.807, 2.05) is 6.07 Å². The number of carbonyl (C=O) groups excluding carboxylic acids is 2. The number of carbonyl (C=O) groups is 2. The van der Waals surface area contributed by atoms with Crippen LogP contribution in [0, 0.1) is 17.2 Å². The Balaban J connectivity index is 2.03. The quantitative estimate of drug-likeness (QED) is 0.780. The van der Waals surface area contributed by atoms with Gasteiger partial charge in [-0.15, -0.1) is 0 Å². The van der Waals surface area contributed by atoms with E-state index in [0.717, 1.165) is 0 Å². The van der Waals surface area contributed by atoms with Gasteiger partial charge in [0, 0.05) is 18.7 Å². The first-order chi connectivity index (χ1) is 8.19. The molecule has 1 aliphatic rings. The molecular weight excluding hydrogens is 218 g/mol. The number of nitrogens with zero attached hydrogens (tertiary/aromatic N) is 1. The second-order valence-electron chi connectivity index (χ2n) is 3.89. The smallest absolute Gasteiger partial charge is 0.229 e. The lowest BCUT2D eigenvalue weighted by atomic mass is 10.1. The van der Waals surface area contributed by atoms with Gasteiger partial charge in [-0.05, 0) is 18.2 Å². The molecule has 0 bridgehead atoms. The van der Waals surface area contributed by atoms with Crippen LogP contribution >= 0.6 is 0 Å². The highest BCUT2D eigenvalue weighted by atomic mass is 16.2. The first-order valence-corrected chi connectivity index (χ1v) is 5.27. The molecule has 17 heavy (non-hydrogen) atoms. The van der Waals surface area contributed by atoms with Gasteiger partial charge in [-0.3, -0.25) is 9.59 Å². The van der Waals surface area contributed by atoms with Crippen LogP contribution in [0.5, 0.6) is 0 Å². The summed E-state index contributed by atoms with van der Waals surface area (Å²) in [6.45, 7) is 0.378. The molecule has 5 nitrogen and oxygen atoms in total. The third-order valence-electron chi connectivity index (χ3n) is 2.61. The number of anilines is 1. The summed E-state index contributed by atoms with van der Waals surface area (Å²) in [5.74, 6) is -0.623. The number of hydrogen-bond donors (Lipinski definition) is 2. The molecule has 1 saturated heterocycles. The molecule has 1 aliphatic heterocycles. The van der Waals surface area contributed by atoms with Gasteiger partial charge in [0.2, 0.25) is 11.8 Å². The van der Waals surface area contributed by atoms with E-state index >= 15 is 0 Å². The zero-order valence-electron chi connectivity index (χ0n) is 9.06. The van der Waals surface area contributed by atoms with Crippen molar-refractivity contribution >= 4 is 17.5 Å². The van der Waals surface area contributed by atoms with Crippen LogP contribution in [0.2, 0.25) is 0 Å². The first-order valence-electron chi connectivity index (χ1n) is 5.27. The van der Waals surface area contributed by atoms with Crippen LogP contribution in [0.1, 0.15) is 12.0 Å². The van der Waals surface area contributed by atoms with Crippen molar-refractivity contribution in [1.29, 1.82) is 5.26 Å². The van der Waals surface area contributed by atoms with E-state index in [1.54, 1.807) is 24.3 Å². The lowest BCUT2D eigenvalue weighted by Gasteiger charge is -2.08. The monoisotopic (exact) mass is 229 g/mol. The zero-order chi connectivity index (χ0) is 12.3. The molecule has 86 valence electrons. The largest absolute Gasteiger partial charge is 0.355 e. The topological polar surface area (TPSA) is 82.0 Å². The van der Waals surface area contributed by atoms with Gasteiger partial charge >= 0.3 is 0 Å². The normalized spacial score (nSPS) is 18.3. The summed E-state index contributed by atoms with van der Waals surface area (Å²) in [7, 11) is 0. The second-order valence-corrected chi connectivity index (χ2v) is 3.89. The Morgan fingerprint density at radius 1 is 1.53 bits per heavy atom. The molecular formula is C12H11N3O2. The third-order valence-corrected chi connectivity index (χ3v) is 2.61. The molecule has 2 rings (SSSR count). The van der Waals surface area contributed by atoms with Gasteiger partial charge < -0.3 is 10.6 Å². The highest BCUT2D eigenvalue weighted by Crippen LogP contribution is 2.14. The van der Waals surface area contributed by atoms with Crippen molar-refractivity contribution in [3.05, 3.63) is 29.8 Å². The maximum Gasteiger partial charge on any atom is 0.229 e. The fourth-order valence-corrected chi connectivity index (χ4v) is 1.70. The maximum absolute atomic E-state index is 11.8. The van der Waals surface area contributed by atoms with Crippen molar-refractivity contribution in [2.45, 2.75) is 6.42 Å². The van der Waals surface area contributed by atoms with Crippen LogP contribution in [0.15, 0.2) is 24.3 Å². The number of rotatable bonds is 2. The molecule has 0 aromatic heterocycles. The summed E-state index contributed by atoms with van der Waals surface area (Å²) in [4.78, 5) is 22.8. The average Bonchev–Trinajstić information content (AvgIpc) is 2.76. The van der Waals surface area contributed by atoms with Gasteiger partial charge in [-0.25, -0.2) is 0 Å². The SMILES string of the molecule is N#Cc1cccc(NC(=O)C2CNC(=O)C2)c1. The van der Waals surface area contributed by atoms with E-state index in [2.05, 4.69) is 10.6 Å². The molecule has 1 aromatic carbocycles. The summed E-state index contributed by atoms with van der Waals surface area (Å²) < 4.78 is 0. The molecule has 1 aromatic rings. The fraction of sp³-hybridized carbons (Fsp3) is 0.250. The van der Waals surface area contributed by atoms with E-state index in [0.29, 0.717) is 17.8 Å². The Kier molecular flexibility index (Phi) is 3.06. The fourth-order valence-electron chi connectivity index (χ4n) is 1.70. The van der Waals surface area contributed by atoms with Crippen LogP contribution in [0.4, 0.5) is 5.69 Å². The molecule has 1 atom stereocenters. The van der Waals surface area contributed by atoms with E-state index in [9.17, 15) is 9.59 Å². The van der Waals surface area contributed by atoms with Crippen molar-refractivity contribution in [3.8, 4) is 6.07 Å². The Morgan fingerprint density at radius 2 is 2.35 bits per heavy atom. The molecule has 0 spiro atoms. The molecule has 1 fully saturated rings. The van der Waals surface area contributed by atoms with Gasteiger partial charge in [-0.1, -0.05) is 6.07 Å². The Labute approximate surface area is 98.4 Å². The molecule has 1 unspecified atom stereocenters. The van der Waals surface area contributed by atoms with Crippen LogP contribution < -0.4 is 10.6 Å². The highest BCUT2D eigenvalue weighted by molar-refractivity contribution is 5.97. The Bertz CT molecular complexity index is 505. The Hall–Kier alpha value is -2.35. The average molecular weight is 229 g/mol. The summed E-state index contributed by atoms with van der Waals surface area (Å²) >= 11 is 0. The maximum atomic E-state index is 11.8. The number of amides is 2. The van der Waals surface area contributed by atoms with Crippen molar-refractivity contribution in [1.82, 2.24) is 5.32 Å². The summed E-state index contributed by atoms with van der Waals surface area (Å²) in [6.07, 6.45) is 0.226. The molecule has 2 amide bonds. The standard InChI is InChI=1S/C12H11N3O2/c13-6-8-2-1-3-10(4-8)15-12(17)9-5-11(16)14-7-9/h1-4,9H,5,7H2,(H,14,16)(H,15,17). The lowest BCUT2D eigenvalue weighted by Crippen LogP contribution is -2.24. The van der Waals surface area contributed by atoms with Crippen LogP contribution in [-0.4, -0.2) is 18.4 Å². The van der Waals surface area contributed by atoms with E-state index < -0.39 is 0 Å². The minimum absolute atomic E-state index is 0.101. The van der Waals surface area contributed by atoms with E-state index in [-0.39, 0.29) is 24.2 Å². The minimum atomic E-state index is -0.326. The van der Waals surface area contributed by atoms with Gasteiger partial charge in [0.25, 0.3) is 0 Å². The summed E-state index contributed by atoms with van der Waals surface area (Å²) in [6, 6.07) is 8.67. The number of hydrogen-bond acceptors (Lipinski definition) is 3. The number of nitriles is 1. The van der Waals surface area contributed by atoms with Crippen molar-refractivity contribution in [2.24, 2.45) is 5.92 Å². The van der Waals surface area contributed by atoms with Crippen molar-refractivity contribution in [2.75, 3.05) is 11.9 Å². The predicted molar refractivity (Wildman–Crippen MR) is 60.9 cm³/mol. The predicted octanol–water partition coefficient (Wildman–Crippen LogP) is 0.633. The van der Waals surface area contributed by atoms with Crippen molar-refractivity contribution < 1.29 is 9.59 Å². The van der Waals surface area contributed by atoms with Gasteiger partial charge in [0.15, 0.2) is 0 Å². The number of benzene rings is 1. The van der Waals surface area contributed by atoms with Crippen LogP contribution in [0.3, 0.4) is 0 Å². The Morgan fingerprint density at radius 3 is 3.00 bits per heavy atom. The molecule has 0 radical (unpaired) electrons. The lowest BCUT2D eigenvalue weighted by molar-refractivity contribution is -0.123. The molecule has 2 N–H and O–H groups in total. The molecule has 0 aliphatic carbocycles. The van der Waals surface area contributed by atoms with E-state index in [4.69, 9.17) is 5.26 Å². The van der Waals surface area contributed by atoms with Gasteiger partial charge in [-0.2, -0.15) is 5.26 Å². The molecule has 5 heteroatoms. The third kappa shape index (κ3) is 2.61. The number of nitrogens with one attached hydrogen (secondary N) is 2. The summed E-state index contributed by atoms with van der Waals surface area (Å²) in [5.41, 5.74) is 1.07. The van der Waals surface area contributed by atoms with Gasteiger partial charge in [0.05, 0.1) is 17.6 Å². The zero-order valence-corrected chi connectivity index (χ0v) is 9.06. The first kappa shape index (κ1) is 11.1. The highest BCUT2D eigenvalue weighted by Gasteiger charge is 2.27. The van der Waals surface area contributed by atoms with Gasteiger partial charge in [0.1, 0.15) is 0 Å². The van der Waals surface area contributed by atoms with Crippen molar-refractivity contribution in [3.63, 3.8) is 0 Å². The second kappa shape index (κ2) is 4.66. The molecule has 0 saturated carbocycles. The minimum Gasteiger partial charge on any atom is -0.355 e. The van der Waals surface area contributed by atoms with Crippen LogP contribution in [-0.2, 0) is 9.59 Å². The summed E-state index contributed by atoms with van der Waals surface area (Å²) in [5, 5.41) is 14.0.